The number of rotatable bonds is 5. The molecule has 1 saturated carbocycles. The molecule has 0 amide bonds. The van der Waals surface area contributed by atoms with Gasteiger partial charge in [-0.3, -0.25) is 9.89 Å². The summed E-state index contributed by atoms with van der Waals surface area (Å²) >= 11 is 0. The van der Waals surface area contributed by atoms with Crippen molar-refractivity contribution >= 4 is 29.9 Å². The van der Waals surface area contributed by atoms with Crippen molar-refractivity contribution in [3.63, 3.8) is 0 Å². The number of nitrogens with one attached hydrogen (secondary N) is 2. The summed E-state index contributed by atoms with van der Waals surface area (Å²) in [5.41, 5.74) is 0.211. The number of guanidine groups is 1. The highest BCUT2D eigenvalue weighted by Crippen LogP contribution is 2.33. The summed E-state index contributed by atoms with van der Waals surface area (Å²) in [7, 11) is 1.79. The smallest absolute Gasteiger partial charge is 0.223 e. The van der Waals surface area contributed by atoms with Crippen molar-refractivity contribution in [1.29, 1.82) is 0 Å². The van der Waals surface area contributed by atoms with Gasteiger partial charge in [0.25, 0.3) is 0 Å². The molecule has 26 heavy (non-hydrogen) atoms. The third kappa shape index (κ3) is 5.53. The van der Waals surface area contributed by atoms with E-state index < -0.39 is 0 Å². The Kier molecular flexibility index (Phi) is 8.55. The number of ether oxygens (including phenoxy) is 1. The van der Waals surface area contributed by atoms with E-state index >= 15 is 0 Å². The van der Waals surface area contributed by atoms with Crippen molar-refractivity contribution < 1.29 is 9.26 Å². The van der Waals surface area contributed by atoms with Gasteiger partial charge in [-0.05, 0) is 12.8 Å². The van der Waals surface area contributed by atoms with Gasteiger partial charge in [0.1, 0.15) is 0 Å². The first kappa shape index (κ1) is 21.4. The molecule has 0 atom stereocenters. The Bertz CT molecular complexity index is 567. The molecular formula is C17H31IN6O2. The largest absolute Gasteiger partial charge is 0.379 e. The summed E-state index contributed by atoms with van der Waals surface area (Å²) in [4.78, 5) is 11.2. The topological polar surface area (TPSA) is 87.8 Å². The van der Waals surface area contributed by atoms with E-state index in [9.17, 15) is 0 Å². The Balaban J connectivity index is 0.00000243. The third-order valence-electron chi connectivity index (χ3n) is 5.26. The molecule has 1 aromatic heterocycles. The van der Waals surface area contributed by atoms with Crippen LogP contribution in [0.2, 0.25) is 0 Å². The van der Waals surface area contributed by atoms with Crippen molar-refractivity contribution in [3.05, 3.63) is 11.7 Å². The first-order chi connectivity index (χ1) is 12.2. The first-order valence-electron chi connectivity index (χ1n) is 9.28. The van der Waals surface area contributed by atoms with Gasteiger partial charge < -0.3 is 19.9 Å². The van der Waals surface area contributed by atoms with Crippen LogP contribution in [0.4, 0.5) is 0 Å². The molecule has 2 aliphatic rings. The van der Waals surface area contributed by atoms with Crippen LogP contribution in [0, 0.1) is 6.92 Å². The van der Waals surface area contributed by atoms with Crippen LogP contribution < -0.4 is 10.6 Å². The minimum absolute atomic E-state index is 0. The van der Waals surface area contributed by atoms with Crippen LogP contribution in [0.25, 0.3) is 0 Å². The van der Waals surface area contributed by atoms with E-state index in [0.717, 1.165) is 38.8 Å². The van der Waals surface area contributed by atoms with Crippen molar-refractivity contribution in [2.45, 2.75) is 51.1 Å². The number of halogens is 1. The molecule has 2 N–H and O–H groups in total. The minimum Gasteiger partial charge on any atom is -0.379 e. The number of aliphatic imine (C=N–C) groups is 1. The number of morpholine rings is 1. The molecule has 1 aromatic rings. The van der Waals surface area contributed by atoms with E-state index in [2.05, 4.69) is 30.7 Å². The lowest BCUT2D eigenvalue weighted by molar-refractivity contribution is -0.0352. The lowest BCUT2D eigenvalue weighted by Crippen LogP contribution is -2.60. The molecule has 0 radical (unpaired) electrons. The van der Waals surface area contributed by atoms with E-state index in [4.69, 9.17) is 9.26 Å². The third-order valence-corrected chi connectivity index (χ3v) is 5.26. The molecule has 1 saturated heterocycles. The highest BCUT2D eigenvalue weighted by molar-refractivity contribution is 14.0. The fraction of sp³-hybridized carbons (Fsp3) is 0.824. The summed E-state index contributed by atoms with van der Waals surface area (Å²) in [6.45, 7) is 6.92. The Morgan fingerprint density at radius 1 is 1.19 bits per heavy atom. The second-order valence-electron chi connectivity index (χ2n) is 6.89. The monoisotopic (exact) mass is 478 g/mol. The summed E-state index contributed by atoms with van der Waals surface area (Å²) < 4.78 is 10.6. The number of aryl methyl sites for hydroxylation is 1. The van der Waals surface area contributed by atoms with Gasteiger partial charge in [0, 0.05) is 39.1 Å². The minimum atomic E-state index is 0. The van der Waals surface area contributed by atoms with E-state index in [1.54, 1.807) is 14.0 Å². The summed E-state index contributed by atoms with van der Waals surface area (Å²) in [5, 5.41) is 10.7. The standard InChI is InChI=1S/C17H30N6O2.HI/c1-14-21-15(22-25-14)12-19-16(18-2)20-13-17(6-4-3-5-7-17)23-8-10-24-11-9-23;/h3-13H2,1-2H3,(H2,18,19,20);1H. The average Bonchev–Trinajstić information content (AvgIpc) is 3.08. The van der Waals surface area contributed by atoms with Gasteiger partial charge in [0.05, 0.1) is 19.8 Å². The lowest BCUT2D eigenvalue weighted by atomic mass is 9.80. The van der Waals surface area contributed by atoms with Crippen molar-refractivity contribution in [2.75, 3.05) is 39.9 Å². The highest BCUT2D eigenvalue weighted by atomic mass is 127. The van der Waals surface area contributed by atoms with Crippen molar-refractivity contribution in [3.8, 4) is 0 Å². The Labute approximate surface area is 172 Å². The molecule has 0 bridgehead atoms. The quantitative estimate of drug-likeness (QED) is 0.379. The van der Waals surface area contributed by atoms with Crippen LogP contribution in [0.1, 0.15) is 43.8 Å². The van der Waals surface area contributed by atoms with E-state index in [0.29, 0.717) is 18.3 Å². The SMILES string of the molecule is CN=C(NCc1noc(C)n1)NCC1(N2CCOCC2)CCCCC1.I. The molecule has 1 aliphatic carbocycles. The highest BCUT2D eigenvalue weighted by Gasteiger charge is 2.38. The molecule has 148 valence electrons. The van der Waals surface area contributed by atoms with Gasteiger partial charge in [-0.25, -0.2) is 0 Å². The number of nitrogens with zero attached hydrogens (tertiary/aromatic N) is 4. The van der Waals surface area contributed by atoms with Gasteiger partial charge in [-0.15, -0.1) is 24.0 Å². The number of aromatic nitrogens is 2. The maximum Gasteiger partial charge on any atom is 0.223 e. The van der Waals surface area contributed by atoms with E-state index in [1.807, 2.05) is 0 Å². The second kappa shape index (κ2) is 10.4. The van der Waals surface area contributed by atoms with E-state index in [-0.39, 0.29) is 29.5 Å². The zero-order valence-corrected chi connectivity index (χ0v) is 18.1. The average molecular weight is 478 g/mol. The van der Waals surface area contributed by atoms with Crippen LogP contribution in [0.3, 0.4) is 0 Å². The predicted octanol–water partition coefficient (Wildman–Crippen LogP) is 1.70. The Morgan fingerprint density at radius 3 is 2.54 bits per heavy atom. The molecule has 0 unspecified atom stereocenters. The Morgan fingerprint density at radius 2 is 1.92 bits per heavy atom. The molecule has 9 heteroatoms. The Hall–Kier alpha value is -0.940. The molecule has 2 fully saturated rings. The zero-order chi connectivity index (χ0) is 17.5. The fourth-order valence-corrected chi connectivity index (χ4v) is 3.90. The van der Waals surface area contributed by atoms with Gasteiger partial charge in [0.15, 0.2) is 11.8 Å². The molecule has 0 aromatic carbocycles. The summed E-state index contributed by atoms with van der Waals surface area (Å²) in [5.74, 6) is 2.00. The molecule has 2 heterocycles. The van der Waals surface area contributed by atoms with Crippen LogP contribution >= 0.6 is 24.0 Å². The lowest BCUT2D eigenvalue weighted by Gasteiger charge is -2.48. The maximum absolute atomic E-state index is 5.55. The normalized spacial score (nSPS) is 21.1. The predicted molar refractivity (Wildman–Crippen MR) is 111 cm³/mol. The second-order valence-corrected chi connectivity index (χ2v) is 6.89. The zero-order valence-electron chi connectivity index (χ0n) is 15.8. The van der Waals surface area contributed by atoms with Crippen LogP contribution in [0.5, 0.6) is 0 Å². The molecule has 8 nitrogen and oxygen atoms in total. The number of hydrogen-bond donors (Lipinski definition) is 2. The van der Waals surface area contributed by atoms with Gasteiger partial charge >= 0.3 is 0 Å². The summed E-state index contributed by atoms with van der Waals surface area (Å²) in [6.07, 6.45) is 6.42. The van der Waals surface area contributed by atoms with Gasteiger partial charge in [-0.2, -0.15) is 4.98 Å². The van der Waals surface area contributed by atoms with Crippen LogP contribution in [0.15, 0.2) is 9.52 Å². The van der Waals surface area contributed by atoms with Crippen LogP contribution in [-0.2, 0) is 11.3 Å². The van der Waals surface area contributed by atoms with Crippen molar-refractivity contribution in [2.24, 2.45) is 4.99 Å². The molecule has 3 rings (SSSR count). The maximum atomic E-state index is 5.55. The fourth-order valence-electron chi connectivity index (χ4n) is 3.90. The summed E-state index contributed by atoms with van der Waals surface area (Å²) in [6, 6.07) is 0. The molecular weight excluding hydrogens is 447 g/mol. The van der Waals surface area contributed by atoms with Crippen LogP contribution in [-0.4, -0.2) is 66.4 Å². The number of hydrogen-bond acceptors (Lipinski definition) is 6. The molecule has 1 aliphatic heterocycles. The van der Waals surface area contributed by atoms with Gasteiger partial charge in [-0.1, -0.05) is 24.4 Å². The van der Waals surface area contributed by atoms with Gasteiger partial charge in [0.2, 0.25) is 5.89 Å². The molecule has 0 spiro atoms. The first-order valence-corrected chi connectivity index (χ1v) is 9.28. The van der Waals surface area contributed by atoms with E-state index in [1.165, 1.54) is 32.1 Å². The van der Waals surface area contributed by atoms with Crippen molar-refractivity contribution in [1.82, 2.24) is 25.7 Å².